The maximum Gasteiger partial charge on any atom is 0.188 e. The SMILES string of the molecule is CN=C(N)NCC[SH](C)c1nc[nH]c1C. The summed E-state index contributed by atoms with van der Waals surface area (Å²) in [6.45, 7) is 2.90. The molecule has 4 N–H and O–H groups in total. The summed E-state index contributed by atoms with van der Waals surface area (Å²) in [6.07, 6.45) is 3.97. The summed E-state index contributed by atoms with van der Waals surface area (Å²) in [5.41, 5.74) is 6.70. The number of nitrogens with one attached hydrogen (secondary N) is 2. The molecular weight excluding hydrogens is 210 g/mol. The molecule has 0 aromatic carbocycles. The minimum absolute atomic E-state index is 0.211. The number of aromatic nitrogens is 2. The molecule has 0 fully saturated rings. The molecule has 1 atom stereocenters. The van der Waals surface area contributed by atoms with E-state index in [4.69, 9.17) is 5.73 Å². The predicted octanol–water partition coefficient (Wildman–Crippen LogP) is 0.242. The monoisotopic (exact) mass is 229 g/mol. The van der Waals surface area contributed by atoms with E-state index in [0.717, 1.165) is 12.3 Å². The smallest absolute Gasteiger partial charge is 0.188 e. The Morgan fingerprint density at radius 2 is 2.47 bits per heavy atom. The van der Waals surface area contributed by atoms with E-state index in [2.05, 4.69) is 33.5 Å². The average Bonchev–Trinajstić information content (AvgIpc) is 2.64. The molecule has 0 saturated heterocycles. The van der Waals surface area contributed by atoms with Crippen molar-refractivity contribution < 1.29 is 0 Å². The Morgan fingerprint density at radius 3 is 3.00 bits per heavy atom. The number of aliphatic imine (C=N–C) groups is 1. The van der Waals surface area contributed by atoms with Gasteiger partial charge < -0.3 is 16.0 Å². The van der Waals surface area contributed by atoms with Gasteiger partial charge in [0.15, 0.2) is 5.96 Å². The van der Waals surface area contributed by atoms with Crippen LogP contribution in [0.1, 0.15) is 5.69 Å². The van der Waals surface area contributed by atoms with Gasteiger partial charge in [0.1, 0.15) is 0 Å². The Labute approximate surface area is 92.9 Å². The van der Waals surface area contributed by atoms with Crippen molar-refractivity contribution in [3.05, 3.63) is 12.0 Å². The van der Waals surface area contributed by atoms with Crippen molar-refractivity contribution in [3.8, 4) is 0 Å². The molecule has 1 rings (SSSR count). The summed E-state index contributed by atoms with van der Waals surface area (Å²) in [6, 6.07) is 0. The Kier molecular flexibility index (Phi) is 4.48. The molecule has 1 aromatic heterocycles. The van der Waals surface area contributed by atoms with Gasteiger partial charge in [0.05, 0.1) is 11.4 Å². The fourth-order valence-corrected chi connectivity index (χ4v) is 2.82. The van der Waals surface area contributed by atoms with Crippen LogP contribution in [0, 0.1) is 6.92 Å². The number of imidazole rings is 1. The molecule has 0 aliphatic heterocycles. The molecule has 0 spiro atoms. The van der Waals surface area contributed by atoms with E-state index in [1.807, 2.05) is 0 Å². The number of H-pyrrole nitrogens is 1. The average molecular weight is 229 g/mol. The van der Waals surface area contributed by atoms with Gasteiger partial charge in [-0.3, -0.25) is 4.99 Å². The van der Waals surface area contributed by atoms with E-state index in [-0.39, 0.29) is 10.9 Å². The van der Waals surface area contributed by atoms with Gasteiger partial charge in [0.25, 0.3) is 0 Å². The van der Waals surface area contributed by atoms with Crippen molar-refractivity contribution in [2.24, 2.45) is 10.7 Å². The second-order valence-corrected chi connectivity index (χ2v) is 5.58. The Morgan fingerprint density at radius 1 is 1.73 bits per heavy atom. The lowest BCUT2D eigenvalue weighted by atomic mass is 10.6. The molecule has 0 aliphatic rings. The molecular formula is C9H19N5S. The highest BCUT2D eigenvalue weighted by molar-refractivity contribution is 8.16. The van der Waals surface area contributed by atoms with E-state index in [1.54, 1.807) is 13.4 Å². The highest BCUT2D eigenvalue weighted by Gasteiger charge is 2.06. The van der Waals surface area contributed by atoms with Crippen molar-refractivity contribution >= 4 is 16.9 Å². The van der Waals surface area contributed by atoms with Crippen LogP contribution in [0.15, 0.2) is 16.3 Å². The van der Waals surface area contributed by atoms with Gasteiger partial charge in [-0.25, -0.2) is 15.9 Å². The van der Waals surface area contributed by atoms with Crippen LogP contribution in [0.3, 0.4) is 0 Å². The van der Waals surface area contributed by atoms with Gasteiger partial charge in [-0.05, 0) is 18.9 Å². The number of aromatic amines is 1. The second-order valence-electron chi connectivity index (χ2n) is 3.31. The normalized spacial score (nSPS) is 15.1. The van der Waals surface area contributed by atoms with E-state index in [9.17, 15) is 0 Å². The maximum atomic E-state index is 5.53. The zero-order valence-electron chi connectivity index (χ0n) is 9.41. The first-order valence-electron chi connectivity index (χ1n) is 4.82. The summed E-state index contributed by atoms with van der Waals surface area (Å²) in [5, 5.41) is 4.24. The molecule has 1 heterocycles. The summed E-state index contributed by atoms with van der Waals surface area (Å²) >= 11 is 0. The summed E-state index contributed by atoms with van der Waals surface area (Å²) in [7, 11) is 1.46. The molecule has 0 radical (unpaired) electrons. The van der Waals surface area contributed by atoms with Gasteiger partial charge >= 0.3 is 0 Å². The van der Waals surface area contributed by atoms with Crippen molar-refractivity contribution in [2.45, 2.75) is 11.9 Å². The van der Waals surface area contributed by atoms with Crippen molar-refractivity contribution in [2.75, 3.05) is 25.6 Å². The van der Waals surface area contributed by atoms with E-state index < -0.39 is 0 Å². The van der Waals surface area contributed by atoms with Crippen LogP contribution < -0.4 is 11.1 Å². The fraction of sp³-hybridized carbons (Fsp3) is 0.556. The maximum absolute atomic E-state index is 5.53. The number of nitrogens with zero attached hydrogens (tertiary/aromatic N) is 2. The molecule has 0 saturated carbocycles. The highest BCUT2D eigenvalue weighted by Crippen LogP contribution is 2.31. The molecule has 86 valence electrons. The van der Waals surface area contributed by atoms with Crippen LogP contribution in [0.25, 0.3) is 0 Å². The Balaban J connectivity index is 2.37. The lowest BCUT2D eigenvalue weighted by Crippen LogP contribution is -2.33. The third kappa shape index (κ3) is 3.47. The third-order valence-electron chi connectivity index (χ3n) is 2.16. The van der Waals surface area contributed by atoms with Crippen LogP contribution in [0.5, 0.6) is 0 Å². The van der Waals surface area contributed by atoms with Crippen molar-refractivity contribution in [3.63, 3.8) is 0 Å². The standard InChI is InChI=1S/C9H19N5S/c1-7-8(14-6-13-7)15(3)5-4-12-9(10)11-2/h6,15H,4-5H2,1-3H3,(H,13,14)(H3,10,11,12). The minimum Gasteiger partial charge on any atom is -0.370 e. The number of nitrogens with two attached hydrogens (primary N) is 1. The van der Waals surface area contributed by atoms with E-state index >= 15 is 0 Å². The lowest BCUT2D eigenvalue weighted by molar-refractivity contribution is 0.954. The van der Waals surface area contributed by atoms with Crippen LogP contribution in [-0.2, 0) is 0 Å². The van der Waals surface area contributed by atoms with Crippen molar-refractivity contribution in [1.29, 1.82) is 0 Å². The zero-order chi connectivity index (χ0) is 11.3. The number of aryl methyl sites for hydroxylation is 1. The first-order chi connectivity index (χ1) is 7.15. The molecule has 1 unspecified atom stereocenters. The molecule has 6 heteroatoms. The highest BCUT2D eigenvalue weighted by atomic mass is 32.2. The van der Waals surface area contributed by atoms with Gasteiger partial charge in [-0.1, -0.05) is 0 Å². The number of guanidine groups is 1. The predicted molar refractivity (Wildman–Crippen MR) is 66.9 cm³/mol. The first-order valence-corrected chi connectivity index (χ1v) is 6.79. The quantitative estimate of drug-likeness (QED) is 0.339. The topological polar surface area (TPSA) is 79.1 Å². The van der Waals surface area contributed by atoms with E-state index in [0.29, 0.717) is 5.96 Å². The number of thiol groups is 1. The fourth-order valence-electron chi connectivity index (χ4n) is 1.27. The summed E-state index contributed by atoms with van der Waals surface area (Å²) < 4.78 is 0. The van der Waals surface area contributed by atoms with Crippen LogP contribution in [-0.4, -0.2) is 41.5 Å². The van der Waals surface area contributed by atoms with Crippen LogP contribution in [0.4, 0.5) is 0 Å². The molecule has 0 amide bonds. The molecule has 0 bridgehead atoms. The zero-order valence-corrected chi connectivity index (χ0v) is 10.3. The Bertz CT molecular complexity index is 333. The number of hydrogen-bond donors (Lipinski definition) is 4. The van der Waals surface area contributed by atoms with Crippen LogP contribution >= 0.6 is 10.9 Å². The van der Waals surface area contributed by atoms with Crippen molar-refractivity contribution in [1.82, 2.24) is 15.3 Å². The molecule has 0 aliphatic carbocycles. The third-order valence-corrected chi connectivity index (χ3v) is 4.23. The van der Waals surface area contributed by atoms with E-state index in [1.165, 1.54) is 10.7 Å². The molecule has 1 aromatic rings. The largest absolute Gasteiger partial charge is 0.370 e. The van der Waals surface area contributed by atoms with Gasteiger partial charge in [-0.2, -0.15) is 0 Å². The van der Waals surface area contributed by atoms with Gasteiger partial charge in [-0.15, -0.1) is 0 Å². The summed E-state index contributed by atoms with van der Waals surface area (Å²) in [5.74, 6) is 1.55. The number of hydrogen-bond acceptors (Lipinski definition) is 2. The van der Waals surface area contributed by atoms with Crippen LogP contribution in [0.2, 0.25) is 0 Å². The Hall–Kier alpha value is -1.17. The minimum atomic E-state index is -0.211. The first kappa shape index (κ1) is 11.9. The summed E-state index contributed by atoms with van der Waals surface area (Å²) in [4.78, 5) is 11.2. The van der Waals surface area contributed by atoms with Gasteiger partial charge in [0, 0.05) is 19.3 Å². The molecule has 5 nitrogen and oxygen atoms in total. The van der Waals surface area contributed by atoms with Gasteiger partial charge in [0.2, 0.25) is 0 Å². The molecule has 15 heavy (non-hydrogen) atoms. The number of rotatable bonds is 4. The second kappa shape index (κ2) is 5.65. The lowest BCUT2D eigenvalue weighted by Gasteiger charge is -2.14.